The van der Waals surface area contributed by atoms with Gasteiger partial charge in [0.05, 0.1) is 5.75 Å². The first-order chi connectivity index (χ1) is 18.4. The minimum Gasteiger partial charge on any atom is -0.299 e. The summed E-state index contributed by atoms with van der Waals surface area (Å²) in [6.07, 6.45) is 8.20. The molecule has 0 spiro atoms. The lowest BCUT2D eigenvalue weighted by atomic mass is 9.90. The molecule has 3 aromatic carbocycles. The summed E-state index contributed by atoms with van der Waals surface area (Å²) in [6, 6.07) is 27.9. The van der Waals surface area contributed by atoms with Crippen LogP contribution in [0.2, 0.25) is 0 Å². The Morgan fingerprint density at radius 2 is 1.53 bits per heavy atom. The van der Waals surface area contributed by atoms with E-state index < -0.39 is 15.9 Å². The maximum Gasteiger partial charge on any atom is 0.257 e. The molecular formula is C32H36N2O3S. The van der Waals surface area contributed by atoms with E-state index in [2.05, 4.69) is 52.1 Å². The average molecular weight is 529 g/mol. The van der Waals surface area contributed by atoms with E-state index in [1.807, 2.05) is 18.2 Å². The fourth-order valence-corrected chi connectivity index (χ4v) is 6.68. The molecule has 5 nitrogen and oxygen atoms in total. The number of benzene rings is 3. The molecule has 6 heteroatoms. The molecule has 1 aliphatic heterocycles. The lowest BCUT2D eigenvalue weighted by molar-refractivity contribution is -0.114. The molecule has 1 saturated carbocycles. The topological polar surface area (TPSA) is 66.5 Å². The second kappa shape index (κ2) is 12.1. The summed E-state index contributed by atoms with van der Waals surface area (Å²) in [5.74, 6) is 1.63. The molecule has 2 fully saturated rings. The van der Waals surface area contributed by atoms with Crippen molar-refractivity contribution in [1.29, 1.82) is 0 Å². The summed E-state index contributed by atoms with van der Waals surface area (Å²) in [7, 11) is -3.74. The Kier molecular flexibility index (Phi) is 8.40. The van der Waals surface area contributed by atoms with Crippen LogP contribution in [0, 0.1) is 11.8 Å². The van der Waals surface area contributed by atoms with Gasteiger partial charge in [0, 0.05) is 12.6 Å². The van der Waals surface area contributed by atoms with E-state index in [9.17, 15) is 13.2 Å². The highest BCUT2D eigenvalue weighted by atomic mass is 32.2. The third kappa shape index (κ3) is 7.65. The van der Waals surface area contributed by atoms with Gasteiger partial charge in [0.1, 0.15) is 0 Å². The number of nitrogens with zero attached hydrogens (tertiary/aromatic N) is 1. The molecule has 2 aliphatic rings. The second-order valence-corrected chi connectivity index (χ2v) is 12.5. The Morgan fingerprint density at radius 3 is 2.21 bits per heavy atom. The molecule has 198 valence electrons. The normalized spacial score (nSPS) is 20.4. The fourth-order valence-electron chi connectivity index (χ4n) is 5.61. The molecule has 1 amide bonds. The van der Waals surface area contributed by atoms with E-state index in [4.69, 9.17) is 0 Å². The second-order valence-electron chi connectivity index (χ2n) is 10.8. The van der Waals surface area contributed by atoms with Crippen LogP contribution in [-0.4, -0.2) is 32.3 Å². The summed E-state index contributed by atoms with van der Waals surface area (Å²) >= 11 is 0. The van der Waals surface area contributed by atoms with Crippen molar-refractivity contribution in [2.24, 2.45) is 11.8 Å². The van der Waals surface area contributed by atoms with Gasteiger partial charge < -0.3 is 0 Å². The molecular weight excluding hydrogens is 492 g/mol. The molecule has 0 bridgehead atoms. The van der Waals surface area contributed by atoms with E-state index >= 15 is 0 Å². The molecule has 2 atom stereocenters. The van der Waals surface area contributed by atoms with Crippen molar-refractivity contribution in [3.05, 3.63) is 113 Å². The molecule has 38 heavy (non-hydrogen) atoms. The molecule has 1 saturated heterocycles. The first-order valence-corrected chi connectivity index (χ1v) is 15.2. The first-order valence-electron chi connectivity index (χ1n) is 13.6. The van der Waals surface area contributed by atoms with Crippen molar-refractivity contribution in [2.45, 2.75) is 43.9 Å². The number of hydrogen-bond donors (Lipinski definition) is 1. The molecule has 0 radical (unpaired) electrons. The molecule has 1 heterocycles. The van der Waals surface area contributed by atoms with Gasteiger partial charge in [-0.3, -0.25) is 9.69 Å². The summed E-state index contributed by atoms with van der Waals surface area (Å²) in [5.41, 5.74) is 4.26. The maximum atomic E-state index is 12.2. The molecule has 0 unspecified atom stereocenters. The van der Waals surface area contributed by atoms with Gasteiger partial charge in [0.25, 0.3) is 5.91 Å². The van der Waals surface area contributed by atoms with E-state index in [-0.39, 0.29) is 5.75 Å². The van der Waals surface area contributed by atoms with Crippen LogP contribution in [0.5, 0.6) is 0 Å². The van der Waals surface area contributed by atoms with Crippen molar-refractivity contribution in [1.82, 2.24) is 9.62 Å². The number of carbonyl (C=O) groups is 1. The Hall–Kier alpha value is -3.22. The Labute approximate surface area is 226 Å². The van der Waals surface area contributed by atoms with E-state index in [0.29, 0.717) is 5.56 Å². The molecule has 0 aromatic heterocycles. The van der Waals surface area contributed by atoms with Gasteiger partial charge in [0.2, 0.25) is 10.0 Å². The number of hydrogen-bond acceptors (Lipinski definition) is 4. The maximum absolute atomic E-state index is 12.2. The molecule has 1 aliphatic carbocycles. The number of carbonyl (C=O) groups excluding carboxylic acids is 1. The van der Waals surface area contributed by atoms with Crippen LogP contribution in [0.3, 0.4) is 0 Å². The standard InChI is InChI=1S/C32H36N2O3S/c35-32(33-38(36,37)24-28-7-3-1-4-8-28)16-15-25-11-13-27(14-12-25)23-34-19-17-26(18-20-34)21-30-22-31(30)29-9-5-2-6-10-29/h1-16,26,30-31H,17-24H2,(H,33,35)/b16-15+/t30-,31+/m1/s1. The van der Waals surface area contributed by atoms with Gasteiger partial charge in [-0.25, -0.2) is 13.1 Å². The predicted octanol–water partition coefficient (Wildman–Crippen LogP) is 5.75. The number of sulfonamides is 1. The van der Waals surface area contributed by atoms with Gasteiger partial charge in [-0.1, -0.05) is 84.9 Å². The molecule has 3 aromatic rings. The van der Waals surface area contributed by atoms with Crippen LogP contribution in [0.4, 0.5) is 0 Å². The number of amides is 1. The highest BCUT2D eigenvalue weighted by Crippen LogP contribution is 2.51. The summed E-state index contributed by atoms with van der Waals surface area (Å²) in [4.78, 5) is 14.7. The Bertz CT molecular complexity index is 1330. The SMILES string of the molecule is O=C(/C=C/c1ccc(CN2CCC(C[C@@H]3C[C@H]3c3ccccc3)CC2)cc1)NS(=O)(=O)Cc1ccccc1. The van der Waals surface area contributed by atoms with Crippen molar-refractivity contribution >= 4 is 22.0 Å². The summed E-state index contributed by atoms with van der Waals surface area (Å²) in [6.45, 7) is 3.23. The van der Waals surface area contributed by atoms with Crippen LogP contribution in [0.15, 0.2) is 91.0 Å². The van der Waals surface area contributed by atoms with Crippen LogP contribution in [0.1, 0.15) is 53.9 Å². The third-order valence-corrected chi connectivity index (χ3v) is 8.99. The molecule has 5 rings (SSSR count). The number of likely N-dealkylation sites (tertiary alicyclic amines) is 1. The highest BCUT2D eigenvalue weighted by molar-refractivity contribution is 7.89. The summed E-state index contributed by atoms with van der Waals surface area (Å²) in [5, 5.41) is 0. The largest absolute Gasteiger partial charge is 0.299 e. The van der Waals surface area contributed by atoms with E-state index in [0.717, 1.165) is 43.0 Å². The van der Waals surface area contributed by atoms with Crippen LogP contribution in [-0.2, 0) is 27.1 Å². The van der Waals surface area contributed by atoms with Gasteiger partial charge in [-0.15, -0.1) is 0 Å². The van der Waals surface area contributed by atoms with Crippen molar-refractivity contribution < 1.29 is 13.2 Å². The van der Waals surface area contributed by atoms with Gasteiger partial charge in [-0.05, 0) is 84.9 Å². The van der Waals surface area contributed by atoms with Crippen molar-refractivity contribution in [3.63, 3.8) is 0 Å². The monoisotopic (exact) mass is 528 g/mol. The van der Waals surface area contributed by atoms with E-state index in [1.165, 1.54) is 42.9 Å². The third-order valence-electron chi connectivity index (χ3n) is 7.76. The molecule has 1 N–H and O–H groups in total. The average Bonchev–Trinajstić information content (AvgIpc) is 3.69. The predicted molar refractivity (Wildman–Crippen MR) is 153 cm³/mol. The van der Waals surface area contributed by atoms with Crippen LogP contribution < -0.4 is 4.72 Å². The minimum absolute atomic E-state index is 0.228. The van der Waals surface area contributed by atoms with Gasteiger partial charge in [-0.2, -0.15) is 0 Å². The first kappa shape index (κ1) is 26.4. The highest BCUT2D eigenvalue weighted by Gasteiger charge is 2.39. The van der Waals surface area contributed by atoms with Crippen LogP contribution >= 0.6 is 0 Å². The van der Waals surface area contributed by atoms with Gasteiger partial charge >= 0.3 is 0 Å². The smallest absolute Gasteiger partial charge is 0.257 e. The quantitative estimate of drug-likeness (QED) is 0.340. The van der Waals surface area contributed by atoms with Crippen molar-refractivity contribution in [2.75, 3.05) is 13.1 Å². The number of rotatable bonds is 10. The minimum atomic E-state index is -3.74. The summed E-state index contributed by atoms with van der Waals surface area (Å²) < 4.78 is 26.6. The fraction of sp³-hybridized carbons (Fsp3) is 0.344. The Balaban J connectivity index is 1.03. The zero-order valence-electron chi connectivity index (χ0n) is 21.7. The Morgan fingerprint density at radius 1 is 0.868 bits per heavy atom. The van der Waals surface area contributed by atoms with Gasteiger partial charge in [0.15, 0.2) is 0 Å². The van der Waals surface area contributed by atoms with Crippen LogP contribution in [0.25, 0.3) is 6.08 Å². The number of piperidine rings is 1. The van der Waals surface area contributed by atoms with Crippen molar-refractivity contribution in [3.8, 4) is 0 Å². The zero-order chi connectivity index (χ0) is 26.4. The van der Waals surface area contributed by atoms with E-state index in [1.54, 1.807) is 30.3 Å². The number of nitrogens with one attached hydrogen (secondary N) is 1. The lowest BCUT2D eigenvalue weighted by Crippen LogP contribution is -2.33. The lowest BCUT2D eigenvalue weighted by Gasteiger charge is -2.32. The zero-order valence-corrected chi connectivity index (χ0v) is 22.5.